The molecule has 1 rings (SSSR count). The lowest BCUT2D eigenvalue weighted by atomic mass is 10.3. The summed E-state index contributed by atoms with van der Waals surface area (Å²) < 4.78 is 16.0. The smallest absolute Gasteiger partial charge is 0.197 e. The van der Waals surface area contributed by atoms with E-state index in [0.717, 1.165) is 5.75 Å². The van der Waals surface area contributed by atoms with Crippen molar-refractivity contribution in [3.8, 4) is 5.75 Å². The zero-order valence-corrected chi connectivity index (χ0v) is 9.23. The molecule has 0 N–H and O–H groups in total. The lowest BCUT2D eigenvalue weighted by Crippen LogP contribution is -2.19. The Bertz CT molecular complexity index is 248. The van der Waals surface area contributed by atoms with Crippen LogP contribution in [0.5, 0.6) is 5.75 Å². The molecule has 1 aromatic rings. The zero-order valence-electron chi connectivity index (χ0n) is 9.23. The molecule has 0 spiro atoms. The lowest BCUT2D eigenvalue weighted by Gasteiger charge is -2.15. The second-order valence-corrected chi connectivity index (χ2v) is 2.99. The fourth-order valence-electron chi connectivity index (χ4n) is 1.09. The maximum absolute atomic E-state index is 5.50. The highest BCUT2D eigenvalue weighted by molar-refractivity contribution is 5.20. The maximum Gasteiger partial charge on any atom is 0.197 e. The summed E-state index contributed by atoms with van der Waals surface area (Å²) in [7, 11) is 0. The normalized spacial score (nSPS) is 12.4. The molecule has 1 aromatic carbocycles. The van der Waals surface area contributed by atoms with Gasteiger partial charge in [-0.3, -0.25) is 0 Å². The molecule has 0 saturated heterocycles. The lowest BCUT2D eigenvalue weighted by molar-refractivity contribution is -0.0825. The van der Waals surface area contributed by atoms with Crippen LogP contribution in [0.1, 0.15) is 13.8 Å². The molecule has 0 bridgehead atoms. The Morgan fingerprint density at radius 2 is 2.00 bits per heavy atom. The van der Waals surface area contributed by atoms with Gasteiger partial charge in [0, 0.05) is 6.61 Å². The van der Waals surface area contributed by atoms with Gasteiger partial charge >= 0.3 is 0 Å². The van der Waals surface area contributed by atoms with Gasteiger partial charge in [0.05, 0.1) is 13.2 Å². The number of hydrogen-bond donors (Lipinski definition) is 0. The molecular weight excluding hydrogens is 192 g/mol. The molecular formula is C12H17O3. The van der Waals surface area contributed by atoms with Crippen molar-refractivity contribution in [1.29, 1.82) is 0 Å². The van der Waals surface area contributed by atoms with E-state index in [0.29, 0.717) is 19.8 Å². The number of rotatable bonds is 7. The predicted molar refractivity (Wildman–Crippen MR) is 57.8 cm³/mol. The third kappa shape index (κ3) is 5.40. The van der Waals surface area contributed by atoms with E-state index in [4.69, 9.17) is 14.2 Å². The molecule has 0 amide bonds. The van der Waals surface area contributed by atoms with E-state index in [9.17, 15) is 0 Å². The predicted octanol–water partition coefficient (Wildman–Crippen LogP) is 2.26. The SMILES string of the molecule is CCOCCOC(C)Oc1cc[c]cc1. The highest BCUT2D eigenvalue weighted by Gasteiger charge is 2.02. The van der Waals surface area contributed by atoms with Gasteiger partial charge in [-0.2, -0.15) is 0 Å². The first-order chi connectivity index (χ1) is 7.33. The molecule has 1 unspecified atom stereocenters. The molecule has 0 heterocycles. The Balaban J connectivity index is 2.16. The van der Waals surface area contributed by atoms with Gasteiger partial charge in [0.1, 0.15) is 5.75 Å². The van der Waals surface area contributed by atoms with Crippen LogP contribution < -0.4 is 4.74 Å². The van der Waals surface area contributed by atoms with Crippen LogP contribution in [-0.4, -0.2) is 26.1 Å². The Morgan fingerprint density at radius 1 is 1.27 bits per heavy atom. The minimum absolute atomic E-state index is 0.257. The molecule has 0 saturated carbocycles. The van der Waals surface area contributed by atoms with Crippen LogP contribution in [-0.2, 0) is 9.47 Å². The summed E-state index contributed by atoms with van der Waals surface area (Å²) in [5.74, 6) is 0.789. The fraction of sp³-hybridized carbons (Fsp3) is 0.500. The molecule has 3 nitrogen and oxygen atoms in total. The van der Waals surface area contributed by atoms with Gasteiger partial charge < -0.3 is 14.2 Å². The first-order valence-corrected chi connectivity index (χ1v) is 5.15. The third-order valence-electron chi connectivity index (χ3n) is 1.77. The van der Waals surface area contributed by atoms with Gasteiger partial charge in [0.2, 0.25) is 0 Å². The van der Waals surface area contributed by atoms with Gasteiger partial charge in [0.25, 0.3) is 0 Å². The molecule has 0 aliphatic carbocycles. The first kappa shape index (κ1) is 12.0. The quantitative estimate of drug-likeness (QED) is 0.509. The molecule has 0 aromatic heterocycles. The van der Waals surface area contributed by atoms with E-state index >= 15 is 0 Å². The van der Waals surface area contributed by atoms with Crippen molar-refractivity contribution < 1.29 is 14.2 Å². The van der Waals surface area contributed by atoms with Crippen LogP contribution in [0.2, 0.25) is 0 Å². The van der Waals surface area contributed by atoms with Crippen molar-refractivity contribution in [2.24, 2.45) is 0 Å². The molecule has 0 aliphatic heterocycles. The summed E-state index contributed by atoms with van der Waals surface area (Å²) >= 11 is 0. The van der Waals surface area contributed by atoms with Crippen molar-refractivity contribution in [3.63, 3.8) is 0 Å². The Kier molecular flexibility index (Phi) is 5.81. The highest BCUT2D eigenvalue weighted by Crippen LogP contribution is 2.10. The number of hydrogen-bond acceptors (Lipinski definition) is 3. The molecule has 3 heteroatoms. The molecule has 1 radical (unpaired) electrons. The van der Waals surface area contributed by atoms with Gasteiger partial charge in [-0.05, 0) is 32.0 Å². The average Bonchev–Trinajstić information content (AvgIpc) is 2.26. The monoisotopic (exact) mass is 209 g/mol. The summed E-state index contributed by atoms with van der Waals surface area (Å²) in [6.45, 7) is 5.69. The zero-order chi connectivity index (χ0) is 10.9. The van der Waals surface area contributed by atoms with Gasteiger partial charge in [-0.1, -0.05) is 12.1 Å². The van der Waals surface area contributed by atoms with Crippen molar-refractivity contribution in [2.45, 2.75) is 20.1 Å². The van der Waals surface area contributed by atoms with Gasteiger partial charge in [-0.25, -0.2) is 0 Å². The van der Waals surface area contributed by atoms with Crippen LogP contribution in [0.3, 0.4) is 0 Å². The van der Waals surface area contributed by atoms with Crippen LogP contribution in [0, 0.1) is 6.07 Å². The van der Waals surface area contributed by atoms with Gasteiger partial charge in [0.15, 0.2) is 6.29 Å². The minimum atomic E-state index is -0.257. The number of benzene rings is 1. The van der Waals surface area contributed by atoms with Gasteiger partial charge in [-0.15, -0.1) is 0 Å². The van der Waals surface area contributed by atoms with E-state index in [1.54, 1.807) is 0 Å². The number of ether oxygens (including phenoxy) is 3. The highest BCUT2D eigenvalue weighted by atomic mass is 16.7. The molecule has 83 valence electrons. The molecule has 1 atom stereocenters. The van der Waals surface area contributed by atoms with Crippen molar-refractivity contribution in [2.75, 3.05) is 19.8 Å². The summed E-state index contributed by atoms with van der Waals surface area (Å²) in [5, 5.41) is 0. The summed E-state index contributed by atoms with van der Waals surface area (Å²) in [6, 6.07) is 10.2. The van der Waals surface area contributed by atoms with E-state index in [1.165, 1.54) is 0 Å². The Morgan fingerprint density at radius 3 is 2.67 bits per heavy atom. The van der Waals surface area contributed by atoms with Crippen molar-refractivity contribution in [3.05, 3.63) is 30.3 Å². The topological polar surface area (TPSA) is 27.7 Å². The second-order valence-electron chi connectivity index (χ2n) is 2.99. The summed E-state index contributed by atoms with van der Waals surface area (Å²) in [4.78, 5) is 0. The second kappa shape index (κ2) is 7.26. The van der Waals surface area contributed by atoms with Crippen LogP contribution >= 0.6 is 0 Å². The fourth-order valence-corrected chi connectivity index (χ4v) is 1.09. The molecule has 15 heavy (non-hydrogen) atoms. The van der Waals surface area contributed by atoms with Crippen molar-refractivity contribution in [1.82, 2.24) is 0 Å². The Labute approximate surface area is 91.0 Å². The summed E-state index contributed by atoms with van der Waals surface area (Å²) in [6.07, 6.45) is -0.257. The first-order valence-electron chi connectivity index (χ1n) is 5.15. The standard InChI is InChI=1S/C12H17O3/c1-3-13-9-10-14-11(2)15-12-7-5-4-6-8-12/h5-8,11H,3,9-10H2,1-2H3. The largest absolute Gasteiger partial charge is 0.465 e. The Hall–Kier alpha value is -1.06. The van der Waals surface area contributed by atoms with Crippen LogP contribution in [0.4, 0.5) is 0 Å². The molecule has 0 fully saturated rings. The van der Waals surface area contributed by atoms with E-state index in [1.807, 2.05) is 38.1 Å². The van der Waals surface area contributed by atoms with E-state index in [-0.39, 0.29) is 6.29 Å². The van der Waals surface area contributed by atoms with Crippen LogP contribution in [0.25, 0.3) is 0 Å². The van der Waals surface area contributed by atoms with Crippen molar-refractivity contribution >= 4 is 0 Å². The molecule has 0 aliphatic rings. The van der Waals surface area contributed by atoms with Crippen LogP contribution in [0.15, 0.2) is 24.3 Å². The third-order valence-corrected chi connectivity index (χ3v) is 1.77. The summed E-state index contributed by atoms with van der Waals surface area (Å²) in [5.41, 5.74) is 0. The van der Waals surface area contributed by atoms with E-state index in [2.05, 4.69) is 6.07 Å². The van der Waals surface area contributed by atoms with E-state index < -0.39 is 0 Å². The minimum Gasteiger partial charge on any atom is -0.465 e. The average molecular weight is 209 g/mol. The maximum atomic E-state index is 5.50.